The van der Waals surface area contributed by atoms with Gasteiger partial charge in [-0.3, -0.25) is 4.79 Å². The van der Waals surface area contributed by atoms with Gasteiger partial charge in [-0.05, 0) is 31.6 Å². The molecule has 0 radical (unpaired) electrons. The van der Waals surface area contributed by atoms with E-state index in [0.29, 0.717) is 17.9 Å². The van der Waals surface area contributed by atoms with E-state index in [1.807, 2.05) is 13.8 Å². The Hall–Kier alpha value is -0.530. The molecular weight excluding hydrogens is 186 g/mol. The van der Waals surface area contributed by atoms with Crippen LogP contribution in [0.5, 0.6) is 0 Å². The molecule has 1 unspecified atom stereocenters. The molecule has 2 nitrogen and oxygen atoms in total. The van der Waals surface area contributed by atoms with Gasteiger partial charge >= 0.3 is 0 Å². The third kappa shape index (κ3) is 3.51. The lowest BCUT2D eigenvalue weighted by Crippen LogP contribution is -2.44. The maximum absolute atomic E-state index is 12.1. The zero-order chi connectivity index (χ0) is 11.6. The van der Waals surface area contributed by atoms with Crippen molar-refractivity contribution in [2.45, 2.75) is 53.5 Å². The van der Waals surface area contributed by atoms with Crippen LogP contribution in [0, 0.1) is 17.8 Å². The Bertz CT molecular complexity index is 219. The summed E-state index contributed by atoms with van der Waals surface area (Å²) in [6.45, 7) is 11.5. The summed E-state index contributed by atoms with van der Waals surface area (Å²) in [5, 5.41) is 0. The number of rotatable bonds is 5. The molecule has 0 aromatic rings. The summed E-state index contributed by atoms with van der Waals surface area (Å²) < 4.78 is 0. The van der Waals surface area contributed by atoms with E-state index >= 15 is 0 Å². The van der Waals surface area contributed by atoms with Crippen LogP contribution >= 0.6 is 0 Å². The van der Waals surface area contributed by atoms with Crippen molar-refractivity contribution < 1.29 is 4.79 Å². The number of carbonyl (C=O) groups excluding carboxylic acids is 1. The molecule has 1 amide bonds. The topological polar surface area (TPSA) is 20.3 Å². The highest BCUT2D eigenvalue weighted by atomic mass is 16.2. The van der Waals surface area contributed by atoms with Crippen LogP contribution in [0.4, 0.5) is 0 Å². The van der Waals surface area contributed by atoms with Gasteiger partial charge in [0.05, 0.1) is 0 Å². The van der Waals surface area contributed by atoms with E-state index in [0.717, 1.165) is 12.5 Å². The Balaban J connectivity index is 2.62. The summed E-state index contributed by atoms with van der Waals surface area (Å²) in [6, 6.07) is 0.447. The van der Waals surface area contributed by atoms with Crippen molar-refractivity contribution in [3.8, 4) is 0 Å². The van der Waals surface area contributed by atoms with Gasteiger partial charge in [-0.15, -0.1) is 0 Å². The first-order chi connectivity index (χ1) is 6.93. The molecule has 1 saturated carbocycles. The summed E-state index contributed by atoms with van der Waals surface area (Å²) in [5.41, 5.74) is 0. The quantitative estimate of drug-likeness (QED) is 0.684. The summed E-state index contributed by atoms with van der Waals surface area (Å²) in [5.74, 6) is 1.79. The minimum atomic E-state index is 0.130. The van der Waals surface area contributed by atoms with Gasteiger partial charge < -0.3 is 4.90 Å². The van der Waals surface area contributed by atoms with Crippen molar-refractivity contribution in [3.05, 3.63) is 0 Å². The molecule has 1 aliphatic rings. The molecule has 0 bridgehead atoms. The number of hydrogen-bond acceptors (Lipinski definition) is 1. The van der Waals surface area contributed by atoms with Crippen LogP contribution in [0.2, 0.25) is 0 Å². The van der Waals surface area contributed by atoms with Crippen LogP contribution in [0.1, 0.15) is 47.5 Å². The van der Waals surface area contributed by atoms with Crippen molar-refractivity contribution >= 4 is 5.91 Å². The Morgan fingerprint density at radius 1 is 1.20 bits per heavy atom. The van der Waals surface area contributed by atoms with Gasteiger partial charge in [0.15, 0.2) is 0 Å². The van der Waals surface area contributed by atoms with E-state index < -0.39 is 0 Å². The zero-order valence-corrected chi connectivity index (χ0v) is 10.8. The normalized spacial score (nSPS) is 18.3. The molecule has 0 saturated heterocycles. The predicted octanol–water partition coefficient (Wildman–Crippen LogP) is 2.93. The fourth-order valence-corrected chi connectivity index (χ4v) is 2.02. The molecule has 0 aromatic carbocycles. The molecule has 1 fully saturated rings. The first-order valence-electron chi connectivity index (χ1n) is 6.24. The highest BCUT2D eigenvalue weighted by molar-refractivity contribution is 5.78. The van der Waals surface area contributed by atoms with E-state index in [-0.39, 0.29) is 5.92 Å². The zero-order valence-electron chi connectivity index (χ0n) is 10.8. The number of nitrogens with zero attached hydrogens (tertiary/aromatic N) is 1. The SMILES string of the molecule is CC(C)CN(C(=O)C(C)C)C(C)C1CC1. The second-order valence-electron chi connectivity index (χ2n) is 5.62. The summed E-state index contributed by atoms with van der Waals surface area (Å²) in [6.07, 6.45) is 2.61. The lowest BCUT2D eigenvalue weighted by molar-refractivity contribution is -0.137. The molecule has 0 N–H and O–H groups in total. The van der Waals surface area contributed by atoms with E-state index in [2.05, 4.69) is 25.7 Å². The second-order valence-corrected chi connectivity index (χ2v) is 5.62. The van der Waals surface area contributed by atoms with Crippen molar-refractivity contribution in [2.24, 2.45) is 17.8 Å². The maximum atomic E-state index is 12.1. The molecule has 2 heteroatoms. The standard InChI is InChI=1S/C13H25NO/c1-9(2)8-14(13(15)10(3)4)11(5)12-6-7-12/h9-12H,6-8H2,1-5H3. The van der Waals surface area contributed by atoms with Gasteiger partial charge in [0.1, 0.15) is 0 Å². The first-order valence-corrected chi connectivity index (χ1v) is 6.24. The maximum Gasteiger partial charge on any atom is 0.225 e. The van der Waals surface area contributed by atoms with Crippen LogP contribution in [0.25, 0.3) is 0 Å². The van der Waals surface area contributed by atoms with Crippen LogP contribution in [0.3, 0.4) is 0 Å². The smallest absolute Gasteiger partial charge is 0.225 e. The summed E-state index contributed by atoms with van der Waals surface area (Å²) in [4.78, 5) is 14.2. The van der Waals surface area contributed by atoms with Crippen molar-refractivity contribution in [1.29, 1.82) is 0 Å². The van der Waals surface area contributed by atoms with E-state index in [9.17, 15) is 4.79 Å². The minimum absolute atomic E-state index is 0.130. The van der Waals surface area contributed by atoms with Crippen molar-refractivity contribution in [3.63, 3.8) is 0 Å². The summed E-state index contributed by atoms with van der Waals surface area (Å²) in [7, 11) is 0. The highest BCUT2D eigenvalue weighted by Gasteiger charge is 2.34. The summed E-state index contributed by atoms with van der Waals surface area (Å²) >= 11 is 0. The third-order valence-electron chi connectivity index (χ3n) is 3.13. The lowest BCUT2D eigenvalue weighted by Gasteiger charge is -2.32. The monoisotopic (exact) mass is 211 g/mol. The number of hydrogen-bond donors (Lipinski definition) is 0. The van der Waals surface area contributed by atoms with E-state index in [4.69, 9.17) is 0 Å². The molecule has 0 heterocycles. The average molecular weight is 211 g/mol. The fraction of sp³-hybridized carbons (Fsp3) is 0.923. The van der Waals surface area contributed by atoms with E-state index in [1.54, 1.807) is 0 Å². The minimum Gasteiger partial charge on any atom is -0.339 e. The largest absolute Gasteiger partial charge is 0.339 e. The predicted molar refractivity (Wildman–Crippen MR) is 63.6 cm³/mol. The van der Waals surface area contributed by atoms with Gasteiger partial charge in [-0.25, -0.2) is 0 Å². The Kier molecular flexibility index (Phi) is 4.18. The number of carbonyl (C=O) groups is 1. The van der Waals surface area contributed by atoms with Crippen LogP contribution in [-0.2, 0) is 4.79 Å². The molecule has 15 heavy (non-hydrogen) atoms. The number of amides is 1. The van der Waals surface area contributed by atoms with Gasteiger partial charge in [-0.1, -0.05) is 27.7 Å². The molecule has 1 rings (SSSR count). The Labute approximate surface area is 94.0 Å². The van der Waals surface area contributed by atoms with Gasteiger partial charge in [-0.2, -0.15) is 0 Å². The van der Waals surface area contributed by atoms with E-state index in [1.165, 1.54) is 12.8 Å². The lowest BCUT2D eigenvalue weighted by atomic mass is 10.1. The van der Waals surface area contributed by atoms with Gasteiger partial charge in [0.2, 0.25) is 5.91 Å². The highest BCUT2D eigenvalue weighted by Crippen LogP contribution is 2.35. The molecule has 0 aromatic heterocycles. The Morgan fingerprint density at radius 2 is 1.73 bits per heavy atom. The molecule has 88 valence electrons. The molecule has 1 atom stereocenters. The van der Waals surface area contributed by atoms with Crippen molar-refractivity contribution in [2.75, 3.05) is 6.54 Å². The third-order valence-corrected chi connectivity index (χ3v) is 3.13. The van der Waals surface area contributed by atoms with Crippen LogP contribution in [0.15, 0.2) is 0 Å². The molecule has 0 aliphatic heterocycles. The second kappa shape index (κ2) is 5.00. The average Bonchev–Trinajstić information content (AvgIpc) is 2.94. The van der Waals surface area contributed by atoms with Crippen LogP contribution < -0.4 is 0 Å². The Morgan fingerprint density at radius 3 is 2.07 bits per heavy atom. The molecule has 1 aliphatic carbocycles. The van der Waals surface area contributed by atoms with Crippen LogP contribution in [-0.4, -0.2) is 23.4 Å². The van der Waals surface area contributed by atoms with Gasteiger partial charge in [0.25, 0.3) is 0 Å². The fourth-order valence-electron chi connectivity index (χ4n) is 2.02. The first kappa shape index (κ1) is 12.5. The van der Waals surface area contributed by atoms with Crippen molar-refractivity contribution in [1.82, 2.24) is 4.90 Å². The van der Waals surface area contributed by atoms with Gasteiger partial charge in [0, 0.05) is 18.5 Å². The molecule has 0 spiro atoms. The molecular formula is C13H25NO.